The summed E-state index contributed by atoms with van der Waals surface area (Å²) in [6, 6.07) is 10.1. The maximum absolute atomic E-state index is 10.8. The monoisotopic (exact) mass is 291 g/mol. The largest absolute Gasteiger partial charge is 0.481 e. The van der Waals surface area contributed by atoms with Crippen molar-refractivity contribution in [1.82, 2.24) is 10.2 Å². The second-order valence-electron chi connectivity index (χ2n) is 4.59. The lowest BCUT2D eigenvalue weighted by molar-refractivity contribution is -0.137. The molecule has 1 heterocycles. The van der Waals surface area contributed by atoms with Gasteiger partial charge in [-0.3, -0.25) is 4.79 Å². The molecule has 0 aliphatic rings. The van der Waals surface area contributed by atoms with Gasteiger partial charge in [-0.05, 0) is 25.3 Å². The number of hydrogen-bond acceptors (Lipinski definition) is 5. The summed E-state index contributed by atoms with van der Waals surface area (Å²) in [6.45, 7) is 1.90. The van der Waals surface area contributed by atoms with Crippen molar-refractivity contribution >= 4 is 22.4 Å². The van der Waals surface area contributed by atoms with E-state index in [1.54, 1.807) is 0 Å². The van der Waals surface area contributed by atoms with Crippen molar-refractivity contribution in [1.29, 1.82) is 0 Å². The van der Waals surface area contributed by atoms with Gasteiger partial charge in [-0.1, -0.05) is 41.7 Å². The van der Waals surface area contributed by atoms with Crippen LogP contribution in [0.4, 0.5) is 5.13 Å². The molecule has 5 nitrogen and oxygen atoms in total. The number of carboxylic acid groups (broad SMARTS) is 1. The molecule has 2 rings (SSSR count). The van der Waals surface area contributed by atoms with E-state index in [1.165, 1.54) is 16.9 Å². The van der Waals surface area contributed by atoms with Crippen LogP contribution in [0.25, 0.3) is 0 Å². The van der Waals surface area contributed by atoms with Gasteiger partial charge in [0.05, 0.1) is 0 Å². The van der Waals surface area contributed by atoms with Crippen molar-refractivity contribution in [3.8, 4) is 0 Å². The van der Waals surface area contributed by atoms with Crippen LogP contribution in [-0.4, -0.2) is 27.3 Å². The van der Waals surface area contributed by atoms with Gasteiger partial charge >= 0.3 is 5.97 Å². The molecule has 0 bridgehead atoms. The maximum atomic E-state index is 10.8. The molecule has 1 aromatic carbocycles. The van der Waals surface area contributed by atoms with Gasteiger partial charge in [0, 0.05) is 12.5 Å². The van der Waals surface area contributed by atoms with Crippen LogP contribution in [0.15, 0.2) is 30.3 Å². The van der Waals surface area contributed by atoms with Crippen LogP contribution in [0, 0.1) is 6.92 Å². The Hall–Kier alpha value is -1.95. The number of anilines is 1. The minimum absolute atomic E-state index is 0.0425. The van der Waals surface area contributed by atoms with Crippen molar-refractivity contribution in [2.75, 3.05) is 5.32 Å². The van der Waals surface area contributed by atoms with Gasteiger partial charge in [-0.2, -0.15) is 0 Å². The summed E-state index contributed by atoms with van der Waals surface area (Å²) in [5.74, 6) is -0.779. The molecule has 0 aliphatic carbocycles. The van der Waals surface area contributed by atoms with Crippen LogP contribution in [0.1, 0.15) is 23.4 Å². The highest BCUT2D eigenvalue weighted by Gasteiger charge is 2.13. The van der Waals surface area contributed by atoms with Gasteiger partial charge in [0.15, 0.2) is 0 Å². The fourth-order valence-corrected chi connectivity index (χ4v) is 2.62. The van der Waals surface area contributed by atoms with Crippen LogP contribution in [0.5, 0.6) is 0 Å². The minimum Gasteiger partial charge on any atom is -0.481 e. The van der Waals surface area contributed by atoms with Crippen LogP contribution < -0.4 is 5.32 Å². The van der Waals surface area contributed by atoms with E-state index in [9.17, 15) is 4.79 Å². The molecule has 0 aliphatic heterocycles. The molecule has 1 atom stereocenters. The average molecular weight is 291 g/mol. The van der Waals surface area contributed by atoms with E-state index in [1.807, 2.05) is 37.3 Å². The molecule has 0 saturated carbocycles. The van der Waals surface area contributed by atoms with Gasteiger partial charge < -0.3 is 10.4 Å². The summed E-state index contributed by atoms with van der Waals surface area (Å²) >= 11 is 1.48. The molecule has 0 saturated heterocycles. The second-order valence-corrected chi connectivity index (χ2v) is 5.77. The van der Waals surface area contributed by atoms with Gasteiger partial charge in [0.1, 0.15) is 5.01 Å². The van der Waals surface area contributed by atoms with E-state index >= 15 is 0 Å². The summed E-state index contributed by atoms with van der Waals surface area (Å²) in [4.78, 5) is 10.8. The van der Waals surface area contributed by atoms with Gasteiger partial charge in [0.25, 0.3) is 0 Å². The first-order valence-electron chi connectivity index (χ1n) is 6.46. The Labute approximate surface area is 121 Å². The number of aromatic nitrogens is 2. The van der Waals surface area contributed by atoms with Crippen LogP contribution in [0.2, 0.25) is 0 Å². The number of benzene rings is 1. The first-order valence-corrected chi connectivity index (χ1v) is 7.27. The summed E-state index contributed by atoms with van der Waals surface area (Å²) in [6.07, 6.45) is 1.47. The molecule has 2 aromatic rings. The molecule has 106 valence electrons. The molecule has 1 unspecified atom stereocenters. The highest BCUT2D eigenvalue weighted by atomic mass is 32.1. The van der Waals surface area contributed by atoms with E-state index in [-0.39, 0.29) is 12.5 Å². The number of rotatable bonds is 7. The zero-order valence-electron chi connectivity index (χ0n) is 11.2. The number of nitrogens with zero attached hydrogens (tertiary/aromatic N) is 2. The van der Waals surface area contributed by atoms with Crippen LogP contribution >= 0.6 is 11.3 Å². The summed E-state index contributed by atoms with van der Waals surface area (Å²) < 4.78 is 0. The number of nitrogens with one attached hydrogen (secondary N) is 1. The summed E-state index contributed by atoms with van der Waals surface area (Å²) in [5.41, 5.74) is 1.18. The number of hydrogen-bond donors (Lipinski definition) is 2. The summed E-state index contributed by atoms with van der Waals surface area (Å²) in [5, 5.41) is 21.8. The molecular weight excluding hydrogens is 274 g/mol. The predicted molar refractivity (Wildman–Crippen MR) is 79.1 cm³/mol. The molecule has 20 heavy (non-hydrogen) atoms. The van der Waals surface area contributed by atoms with Crippen LogP contribution in [0.3, 0.4) is 0 Å². The van der Waals surface area contributed by atoms with Crippen molar-refractivity contribution in [3.05, 3.63) is 40.9 Å². The van der Waals surface area contributed by atoms with Crippen molar-refractivity contribution in [2.45, 2.75) is 32.2 Å². The molecule has 0 spiro atoms. The average Bonchev–Trinajstić information content (AvgIpc) is 2.82. The van der Waals surface area contributed by atoms with Gasteiger partial charge in [-0.15, -0.1) is 10.2 Å². The first kappa shape index (κ1) is 14.5. The summed E-state index contributed by atoms with van der Waals surface area (Å²) in [7, 11) is 0. The standard InChI is InChI=1S/C14H17N3O2S/c1-10-16-17-14(20-10)15-12(7-8-13(18)19)9-11-5-3-2-4-6-11/h2-6,12H,7-9H2,1H3,(H,15,17)(H,18,19). The number of carboxylic acids is 1. The Kier molecular flexibility index (Phi) is 5.06. The second kappa shape index (κ2) is 7.00. The molecule has 0 radical (unpaired) electrons. The lowest BCUT2D eigenvalue weighted by atomic mass is 10.0. The fourth-order valence-electron chi connectivity index (χ4n) is 1.95. The Bertz CT molecular complexity index is 557. The smallest absolute Gasteiger partial charge is 0.303 e. The third kappa shape index (κ3) is 4.62. The SMILES string of the molecule is Cc1nnc(NC(CCC(=O)O)Cc2ccccc2)s1. The van der Waals surface area contributed by atoms with Crippen molar-refractivity contribution in [2.24, 2.45) is 0 Å². The molecular formula is C14H17N3O2S. The van der Waals surface area contributed by atoms with Crippen molar-refractivity contribution < 1.29 is 9.90 Å². The van der Waals surface area contributed by atoms with Gasteiger partial charge in [0.2, 0.25) is 5.13 Å². The molecule has 6 heteroatoms. The van der Waals surface area contributed by atoms with E-state index in [2.05, 4.69) is 15.5 Å². The molecule has 0 fully saturated rings. The first-order chi connectivity index (χ1) is 9.63. The van der Waals surface area contributed by atoms with E-state index in [4.69, 9.17) is 5.11 Å². The third-order valence-electron chi connectivity index (χ3n) is 2.89. The molecule has 1 aromatic heterocycles. The molecule has 0 amide bonds. The highest BCUT2D eigenvalue weighted by molar-refractivity contribution is 7.15. The molecule has 2 N–H and O–H groups in total. The van der Waals surface area contributed by atoms with E-state index in [0.717, 1.165) is 16.6 Å². The Morgan fingerprint density at radius 3 is 2.70 bits per heavy atom. The quantitative estimate of drug-likeness (QED) is 0.820. The Balaban J connectivity index is 2.01. The van der Waals surface area contributed by atoms with Gasteiger partial charge in [-0.25, -0.2) is 0 Å². The van der Waals surface area contributed by atoms with Crippen molar-refractivity contribution in [3.63, 3.8) is 0 Å². The third-order valence-corrected chi connectivity index (χ3v) is 3.66. The number of aliphatic carboxylic acids is 1. The highest BCUT2D eigenvalue weighted by Crippen LogP contribution is 2.18. The lowest BCUT2D eigenvalue weighted by Gasteiger charge is -2.17. The Morgan fingerprint density at radius 2 is 2.10 bits per heavy atom. The Morgan fingerprint density at radius 1 is 1.35 bits per heavy atom. The van der Waals surface area contributed by atoms with Crippen LogP contribution in [-0.2, 0) is 11.2 Å². The lowest BCUT2D eigenvalue weighted by Crippen LogP contribution is -2.23. The predicted octanol–water partition coefficient (Wildman–Crippen LogP) is 2.73. The minimum atomic E-state index is -0.779. The number of carbonyl (C=O) groups is 1. The van der Waals surface area contributed by atoms with E-state index in [0.29, 0.717) is 6.42 Å². The topological polar surface area (TPSA) is 75.1 Å². The normalized spacial score (nSPS) is 12.1. The number of aryl methyl sites for hydroxylation is 1. The fraction of sp³-hybridized carbons (Fsp3) is 0.357. The zero-order valence-corrected chi connectivity index (χ0v) is 12.1. The zero-order chi connectivity index (χ0) is 14.4. The van der Waals surface area contributed by atoms with E-state index < -0.39 is 5.97 Å². The maximum Gasteiger partial charge on any atom is 0.303 e.